The normalized spacial score (nSPS) is 9.93. The van der Waals surface area contributed by atoms with E-state index in [1.807, 2.05) is 24.3 Å². The lowest BCUT2D eigenvalue weighted by Gasteiger charge is -2.05. The zero-order valence-corrected chi connectivity index (χ0v) is 8.21. The minimum atomic E-state index is 0.339. The molecule has 2 aromatic rings. The van der Waals surface area contributed by atoms with Gasteiger partial charge in [0.1, 0.15) is 11.6 Å². The third kappa shape index (κ3) is 1.85. The van der Waals surface area contributed by atoms with Gasteiger partial charge < -0.3 is 10.5 Å². The van der Waals surface area contributed by atoms with Gasteiger partial charge in [-0.3, -0.25) is 0 Å². The van der Waals surface area contributed by atoms with E-state index in [4.69, 9.17) is 10.5 Å². The molecule has 0 fully saturated rings. The molecule has 5 heteroatoms. The third-order valence-electron chi connectivity index (χ3n) is 1.93. The summed E-state index contributed by atoms with van der Waals surface area (Å²) in [5, 5.41) is 7.64. The Morgan fingerprint density at radius 3 is 2.80 bits per heavy atom. The van der Waals surface area contributed by atoms with Crippen molar-refractivity contribution in [2.24, 2.45) is 0 Å². The minimum Gasteiger partial charge on any atom is -0.496 e. The molecule has 0 saturated carbocycles. The summed E-state index contributed by atoms with van der Waals surface area (Å²) in [7, 11) is 1.60. The van der Waals surface area contributed by atoms with Crippen LogP contribution in [0.3, 0.4) is 0 Å². The van der Waals surface area contributed by atoms with Gasteiger partial charge in [-0.2, -0.15) is 5.10 Å². The molecule has 0 unspecified atom stereocenters. The second-order valence-electron chi connectivity index (χ2n) is 2.91. The lowest BCUT2D eigenvalue weighted by atomic mass is 10.2. The molecular formula is C10H10N4O. The van der Waals surface area contributed by atoms with Gasteiger partial charge in [-0.05, 0) is 12.1 Å². The lowest BCUT2D eigenvalue weighted by Crippen LogP contribution is -1.98. The summed E-state index contributed by atoms with van der Waals surface area (Å²) >= 11 is 0. The Balaban J connectivity index is 2.53. The lowest BCUT2D eigenvalue weighted by molar-refractivity contribution is 0.416. The molecule has 0 atom stereocenters. The van der Waals surface area contributed by atoms with Crippen molar-refractivity contribution in [3.63, 3.8) is 0 Å². The SMILES string of the molecule is COc1ccccc1-c1nncc(N)n1. The number of nitrogens with two attached hydrogens (primary N) is 1. The van der Waals surface area contributed by atoms with Crippen molar-refractivity contribution >= 4 is 5.82 Å². The number of para-hydroxylation sites is 1. The van der Waals surface area contributed by atoms with Crippen molar-refractivity contribution in [1.29, 1.82) is 0 Å². The number of aromatic nitrogens is 3. The monoisotopic (exact) mass is 202 g/mol. The summed E-state index contributed by atoms with van der Waals surface area (Å²) < 4.78 is 5.19. The van der Waals surface area contributed by atoms with Crippen LogP contribution in [0.2, 0.25) is 0 Å². The van der Waals surface area contributed by atoms with E-state index < -0.39 is 0 Å². The molecule has 0 aliphatic rings. The molecule has 1 aromatic carbocycles. The summed E-state index contributed by atoms with van der Waals surface area (Å²) in [5.41, 5.74) is 6.31. The number of nitrogens with zero attached hydrogens (tertiary/aromatic N) is 3. The summed E-state index contributed by atoms with van der Waals surface area (Å²) in [6.45, 7) is 0. The Morgan fingerprint density at radius 1 is 1.27 bits per heavy atom. The highest BCUT2D eigenvalue weighted by Crippen LogP contribution is 2.26. The van der Waals surface area contributed by atoms with E-state index in [2.05, 4.69) is 15.2 Å². The Hall–Kier alpha value is -2.17. The van der Waals surface area contributed by atoms with E-state index in [9.17, 15) is 0 Å². The van der Waals surface area contributed by atoms with Crippen LogP contribution in [0.4, 0.5) is 5.82 Å². The van der Waals surface area contributed by atoms with E-state index in [-0.39, 0.29) is 0 Å². The van der Waals surface area contributed by atoms with Crippen molar-refractivity contribution in [3.05, 3.63) is 30.5 Å². The Bertz CT molecular complexity index is 472. The fourth-order valence-electron chi connectivity index (χ4n) is 1.26. The fraction of sp³-hybridized carbons (Fsp3) is 0.100. The number of nitrogen functional groups attached to an aromatic ring is 1. The second-order valence-corrected chi connectivity index (χ2v) is 2.91. The molecule has 15 heavy (non-hydrogen) atoms. The maximum Gasteiger partial charge on any atom is 0.187 e. The highest BCUT2D eigenvalue weighted by Gasteiger charge is 2.07. The van der Waals surface area contributed by atoms with Crippen molar-refractivity contribution in [2.75, 3.05) is 12.8 Å². The number of anilines is 1. The molecule has 2 rings (SSSR count). The maximum absolute atomic E-state index is 5.53. The number of hydrogen-bond donors (Lipinski definition) is 1. The van der Waals surface area contributed by atoms with Crippen LogP contribution in [0.1, 0.15) is 0 Å². The zero-order chi connectivity index (χ0) is 10.7. The van der Waals surface area contributed by atoms with Crippen LogP contribution >= 0.6 is 0 Å². The highest BCUT2D eigenvalue weighted by atomic mass is 16.5. The van der Waals surface area contributed by atoms with Crippen LogP contribution in [-0.2, 0) is 0 Å². The van der Waals surface area contributed by atoms with E-state index in [0.29, 0.717) is 17.4 Å². The van der Waals surface area contributed by atoms with Gasteiger partial charge in [0.15, 0.2) is 5.82 Å². The number of hydrogen-bond acceptors (Lipinski definition) is 5. The molecule has 0 radical (unpaired) electrons. The molecule has 0 aliphatic carbocycles. The van der Waals surface area contributed by atoms with Gasteiger partial charge in [0.25, 0.3) is 0 Å². The Kier molecular flexibility index (Phi) is 2.45. The number of ether oxygens (including phenoxy) is 1. The molecule has 76 valence electrons. The van der Waals surface area contributed by atoms with Crippen LogP contribution in [0.15, 0.2) is 30.5 Å². The van der Waals surface area contributed by atoms with Gasteiger partial charge in [0.05, 0.1) is 18.9 Å². The zero-order valence-electron chi connectivity index (χ0n) is 8.21. The predicted octanol–water partition coefficient (Wildman–Crippen LogP) is 1.13. The molecule has 1 heterocycles. The minimum absolute atomic E-state index is 0.339. The third-order valence-corrected chi connectivity index (χ3v) is 1.93. The largest absolute Gasteiger partial charge is 0.496 e. The molecular weight excluding hydrogens is 192 g/mol. The fourth-order valence-corrected chi connectivity index (χ4v) is 1.26. The van der Waals surface area contributed by atoms with Gasteiger partial charge in [-0.15, -0.1) is 5.10 Å². The topological polar surface area (TPSA) is 73.9 Å². The van der Waals surface area contributed by atoms with E-state index in [1.165, 1.54) is 6.20 Å². The summed E-state index contributed by atoms with van der Waals surface area (Å²) in [4.78, 5) is 4.08. The number of benzene rings is 1. The van der Waals surface area contributed by atoms with Gasteiger partial charge in [-0.1, -0.05) is 12.1 Å². The Morgan fingerprint density at radius 2 is 2.07 bits per heavy atom. The quantitative estimate of drug-likeness (QED) is 0.790. The average molecular weight is 202 g/mol. The first-order chi connectivity index (χ1) is 7.31. The van der Waals surface area contributed by atoms with Gasteiger partial charge >= 0.3 is 0 Å². The molecule has 0 spiro atoms. The summed E-state index contributed by atoms with van der Waals surface area (Å²) in [6, 6.07) is 7.45. The molecule has 1 aromatic heterocycles. The molecule has 0 bridgehead atoms. The smallest absolute Gasteiger partial charge is 0.187 e. The first-order valence-electron chi connectivity index (χ1n) is 4.40. The van der Waals surface area contributed by atoms with E-state index >= 15 is 0 Å². The second kappa shape index (κ2) is 3.91. The molecule has 0 saturated heterocycles. The van der Waals surface area contributed by atoms with Crippen molar-refractivity contribution in [2.45, 2.75) is 0 Å². The average Bonchev–Trinajstić information content (AvgIpc) is 2.29. The first-order valence-corrected chi connectivity index (χ1v) is 4.40. The summed E-state index contributed by atoms with van der Waals surface area (Å²) in [5.74, 6) is 1.50. The first kappa shape index (κ1) is 9.39. The molecule has 2 N–H and O–H groups in total. The number of methoxy groups -OCH3 is 1. The van der Waals surface area contributed by atoms with E-state index in [1.54, 1.807) is 7.11 Å². The van der Waals surface area contributed by atoms with Crippen LogP contribution in [-0.4, -0.2) is 22.3 Å². The van der Waals surface area contributed by atoms with Crippen LogP contribution in [0.25, 0.3) is 11.4 Å². The van der Waals surface area contributed by atoms with Crippen molar-refractivity contribution in [1.82, 2.24) is 15.2 Å². The van der Waals surface area contributed by atoms with E-state index in [0.717, 1.165) is 5.56 Å². The van der Waals surface area contributed by atoms with Crippen LogP contribution in [0, 0.1) is 0 Å². The van der Waals surface area contributed by atoms with Gasteiger partial charge in [0.2, 0.25) is 0 Å². The summed E-state index contributed by atoms with van der Waals surface area (Å²) in [6.07, 6.45) is 1.40. The molecule has 0 aliphatic heterocycles. The van der Waals surface area contributed by atoms with Crippen molar-refractivity contribution in [3.8, 4) is 17.1 Å². The predicted molar refractivity (Wildman–Crippen MR) is 56.2 cm³/mol. The van der Waals surface area contributed by atoms with Gasteiger partial charge in [-0.25, -0.2) is 4.98 Å². The van der Waals surface area contributed by atoms with Gasteiger partial charge in [0, 0.05) is 0 Å². The molecule has 0 amide bonds. The number of rotatable bonds is 2. The Labute approximate surface area is 86.9 Å². The highest BCUT2D eigenvalue weighted by molar-refractivity contribution is 5.64. The van der Waals surface area contributed by atoms with Crippen molar-refractivity contribution < 1.29 is 4.74 Å². The maximum atomic E-state index is 5.53. The molecule has 5 nitrogen and oxygen atoms in total. The van der Waals surface area contributed by atoms with Crippen LogP contribution < -0.4 is 10.5 Å². The van der Waals surface area contributed by atoms with Crippen LogP contribution in [0.5, 0.6) is 5.75 Å². The standard InChI is InChI=1S/C10H10N4O/c1-15-8-5-3-2-4-7(8)10-13-9(11)6-12-14-10/h2-6H,1H3,(H2,11,13,14).